The zero-order valence-corrected chi connectivity index (χ0v) is 16.6. The van der Waals surface area contributed by atoms with Crippen molar-refractivity contribution >= 4 is 23.3 Å². The first kappa shape index (κ1) is 18.6. The molecule has 0 radical (unpaired) electrons. The van der Waals surface area contributed by atoms with Crippen LogP contribution in [0.4, 0.5) is 10.5 Å². The number of carbonyl (C=O) groups excluding carboxylic acids is 1. The average molecular weight is 395 g/mol. The summed E-state index contributed by atoms with van der Waals surface area (Å²) in [5.41, 5.74) is 3.88. The van der Waals surface area contributed by atoms with Gasteiger partial charge in [0, 0.05) is 42.6 Å². The molecule has 0 spiro atoms. The number of amides is 2. The first-order valence-electron chi connectivity index (χ1n) is 9.53. The van der Waals surface area contributed by atoms with Crippen molar-refractivity contribution in [3.63, 3.8) is 0 Å². The van der Waals surface area contributed by atoms with Crippen LogP contribution in [0.15, 0.2) is 54.7 Å². The van der Waals surface area contributed by atoms with Gasteiger partial charge in [-0.15, -0.1) is 0 Å². The number of anilines is 1. The van der Waals surface area contributed by atoms with Crippen molar-refractivity contribution < 1.29 is 4.79 Å². The summed E-state index contributed by atoms with van der Waals surface area (Å²) >= 11 is 6.22. The number of benzene rings is 2. The normalized spacial score (nSPS) is 13.1. The van der Waals surface area contributed by atoms with Crippen molar-refractivity contribution in [2.75, 3.05) is 12.4 Å². The molecule has 1 N–H and O–H groups in total. The standard InChI is InChI=1S/C22H23ClN4O/c1-26(15-16-8-2-4-11-19(16)23)22(28)25-20-12-5-3-10-18(20)21-24-14-17-9-6-7-13-27(17)21/h2-5,8,10-12,14H,6-7,9,13,15H2,1H3,(H,25,28). The minimum absolute atomic E-state index is 0.183. The molecule has 0 saturated heterocycles. The van der Waals surface area contributed by atoms with E-state index in [1.54, 1.807) is 11.9 Å². The van der Waals surface area contributed by atoms with Crippen molar-refractivity contribution in [3.8, 4) is 11.4 Å². The molecule has 1 aliphatic heterocycles. The Kier molecular flexibility index (Phi) is 5.35. The van der Waals surface area contributed by atoms with Crippen LogP contribution in [-0.4, -0.2) is 27.5 Å². The lowest BCUT2D eigenvalue weighted by atomic mass is 10.1. The van der Waals surface area contributed by atoms with Crippen LogP contribution in [0.1, 0.15) is 24.1 Å². The lowest BCUT2D eigenvalue weighted by molar-refractivity contribution is 0.220. The third-order valence-electron chi connectivity index (χ3n) is 5.12. The largest absolute Gasteiger partial charge is 0.328 e. The number of aromatic nitrogens is 2. The van der Waals surface area contributed by atoms with Gasteiger partial charge in [-0.3, -0.25) is 0 Å². The number of hydrogen-bond acceptors (Lipinski definition) is 2. The van der Waals surface area contributed by atoms with Gasteiger partial charge < -0.3 is 14.8 Å². The Hall–Kier alpha value is -2.79. The predicted octanol–water partition coefficient (Wildman–Crippen LogP) is 5.20. The van der Waals surface area contributed by atoms with E-state index in [1.807, 2.05) is 54.7 Å². The van der Waals surface area contributed by atoms with Crippen molar-refractivity contribution in [1.82, 2.24) is 14.5 Å². The Balaban J connectivity index is 1.55. The Labute approximate surface area is 170 Å². The fourth-order valence-electron chi connectivity index (χ4n) is 3.60. The summed E-state index contributed by atoms with van der Waals surface area (Å²) in [6, 6.07) is 15.2. The molecule has 0 fully saturated rings. The molecule has 0 unspecified atom stereocenters. The van der Waals surface area contributed by atoms with Crippen LogP contribution in [0.25, 0.3) is 11.4 Å². The van der Waals surface area contributed by atoms with Crippen molar-refractivity contribution in [1.29, 1.82) is 0 Å². The molecule has 4 rings (SSSR count). The number of nitrogens with one attached hydrogen (secondary N) is 1. The molecule has 0 bridgehead atoms. The Morgan fingerprint density at radius 1 is 1.18 bits per heavy atom. The van der Waals surface area contributed by atoms with E-state index in [-0.39, 0.29) is 6.03 Å². The predicted molar refractivity (Wildman–Crippen MR) is 113 cm³/mol. The maximum atomic E-state index is 12.8. The van der Waals surface area contributed by atoms with E-state index in [4.69, 9.17) is 11.6 Å². The molecule has 0 aliphatic carbocycles. The van der Waals surface area contributed by atoms with Crippen molar-refractivity contribution in [3.05, 3.63) is 71.0 Å². The fourth-order valence-corrected chi connectivity index (χ4v) is 3.80. The second-order valence-electron chi connectivity index (χ2n) is 7.11. The quantitative estimate of drug-likeness (QED) is 0.660. The number of halogens is 1. The van der Waals surface area contributed by atoms with Crippen LogP contribution >= 0.6 is 11.6 Å². The van der Waals surface area contributed by atoms with Gasteiger partial charge in [0.25, 0.3) is 0 Å². The number of nitrogens with zero attached hydrogens (tertiary/aromatic N) is 3. The van der Waals surface area contributed by atoms with Crippen LogP contribution in [0.5, 0.6) is 0 Å². The third-order valence-corrected chi connectivity index (χ3v) is 5.49. The lowest BCUT2D eigenvalue weighted by Gasteiger charge is -2.21. The molecule has 2 amide bonds. The molecule has 0 saturated carbocycles. The Morgan fingerprint density at radius 3 is 2.82 bits per heavy atom. The van der Waals surface area contributed by atoms with Gasteiger partial charge in [-0.25, -0.2) is 9.78 Å². The number of aryl methyl sites for hydroxylation is 1. The smallest absolute Gasteiger partial charge is 0.321 e. The van der Waals surface area contributed by atoms with Gasteiger partial charge in [0.1, 0.15) is 5.82 Å². The molecule has 1 aliphatic rings. The highest BCUT2D eigenvalue weighted by molar-refractivity contribution is 6.31. The molecule has 2 heterocycles. The molecule has 6 heteroatoms. The van der Waals surface area contributed by atoms with E-state index in [0.29, 0.717) is 11.6 Å². The zero-order chi connectivity index (χ0) is 19.5. The van der Waals surface area contributed by atoms with E-state index < -0.39 is 0 Å². The minimum Gasteiger partial charge on any atom is -0.328 e. The molecular formula is C22H23ClN4O. The lowest BCUT2D eigenvalue weighted by Crippen LogP contribution is -2.31. The highest BCUT2D eigenvalue weighted by Gasteiger charge is 2.19. The van der Waals surface area contributed by atoms with Crippen molar-refractivity contribution in [2.24, 2.45) is 0 Å². The SMILES string of the molecule is CN(Cc1ccccc1Cl)C(=O)Nc1ccccc1-c1ncc2n1CCCC2. The number of rotatable bonds is 4. The highest BCUT2D eigenvalue weighted by Crippen LogP contribution is 2.30. The number of urea groups is 1. The molecule has 28 heavy (non-hydrogen) atoms. The molecule has 1 aromatic heterocycles. The Morgan fingerprint density at radius 2 is 1.96 bits per heavy atom. The van der Waals surface area contributed by atoms with Crippen LogP contribution in [-0.2, 0) is 19.5 Å². The third kappa shape index (κ3) is 3.76. The van der Waals surface area contributed by atoms with Crippen LogP contribution in [0, 0.1) is 0 Å². The first-order valence-corrected chi connectivity index (χ1v) is 9.90. The molecule has 0 atom stereocenters. The van der Waals surface area contributed by atoms with Crippen LogP contribution < -0.4 is 5.32 Å². The fraction of sp³-hybridized carbons (Fsp3) is 0.273. The van der Waals surface area contributed by atoms with Gasteiger partial charge in [0.05, 0.1) is 5.69 Å². The van der Waals surface area contributed by atoms with Gasteiger partial charge in [0.2, 0.25) is 0 Å². The monoisotopic (exact) mass is 394 g/mol. The molecule has 5 nitrogen and oxygen atoms in total. The summed E-state index contributed by atoms with van der Waals surface area (Å²) in [6.45, 7) is 1.41. The number of hydrogen-bond donors (Lipinski definition) is 1. The number of imidazole rings is 1. The summed E-state index contributed by atoms with van der Waals surface area (Å²) in [5, 5.41) is 3.69. The first-order chi connectivity index (χ1) is 13.6. The zero-order valence-electron chi connectivity index (χ0n) is 15.9. The van der Waals surface area contributed by atoms with E-state index in [2.05, 4.69) is 14.9 Å². The van der Waals surface area contributed by atoms with Crippen molar-refractivity contribution in [2.45, 2.75) is 32.4 Å². The van der Waals surface area contributed by atoms with Gasteiger partial charge in [0.15, 0.2) is 0 Å². The number of fused-ring (bicyclic) bond motifs is 1. The summed E-state index contributed by atoms with van der Waals surface area (Å²) in [7, 11) is 1.76. The maximum absolute atomic E-state index is 12.8. The molecule has 2 aromatic carbocycles. The summed E-state index contributed by atoms with van der Waals surface area (Å²) in [6.07, 6.45) is 5.38. The average Bonchev–Trinajstić information content (AvgIpc) is 3.14. The summed E-state index contributed by atoms with van der Waals surface area (Å²) < 4.78 is 2.27. The number of carbonyl (C=O) groups is 1. The molecular weight excluding hydrogens is 372 g/mol. The van der Waals surface area contributed by atoms with Crippen LogP contribution in [0.3, 0.4) is 0 Å². The summed E-state index contributed by atoms with van der Waals surface area (Å²) in [5.74, 6) is 0.916. The highest BCUT2D eigenvalue weighted by atomic mass is 35.5. The van der Waals surface area contributed by atoms with E-state index in [9.17, 15) is 4.79 Å². The Bertz CT molecular complexity index is 998. The van der Waals surface area contributed by atoms with Gasteiger partial charge >= 0.3 is 6.03 Å². The molecule has 144 valence electrons. The molecule has 3 aromatic rings. The maximum Gasteiger partial charge on any atom is 0.321 e. The van der Waals surface area contributed by atoms with Gasteiger partial charge in [-0.1, -0.05) is 41.9 Å². The van der Waals surface area contributed by atoms with Gasteiger partial charge in [-0.2, -0.15) is 0 Å². The minimum atomic E-state index is -0.183. The van der Waals surface area contributed by atoms with E-state index in [1.165, 1.54) is 12.1 Å². The van der Waals surface area contributed by atoms with E-state index in [0.717, 1.165) is 42.0 Å². The van der Waals surface area contributed by atoms with Gasteiger partial charge in [-0.05, 0) is 43.0 Å². The summed E-state index contributed by atoms with van der Waals surface area (Å²) in [4.78, 5) is 19.0. The van der Waals surface area contributed by atoms with Crippen LogP contribution in [0.2, 0.25) is 5.02 Å². The second kappa shape index (κ2) is 8.07. The topological polar surface area (TPSA) is 50.2 Å². The van der Waals surface area contributed by atoms with E-state index >= 15 is 0 Å². The number of para-hydroxylation sites is 1. The second-order valence-corrected chi connectivity index (χ2v) is 7.51.